The second-order valence-corrected chi connectivity index (χ2v) is 4.03. The molecule has 0 atom stereocenters. The molecule has 0 radical (unpaired) electrons. The molecule has 1 rings (SSSR count). The smallest absolute Gasteiger partial charge is 0.101 e. The Bertz CT molecular complexity index is 119. The van der Waals surface area contributed by atoms with E-state index in [2.05, 4.69) is 0 Å². The van der Waals surface area contributed by atoms with Gasteiger partial charge in [0.05, 0.1) is 5.75 Å². The SMILES string of the molecule is N=C(N)CSC1CCCC1. The van der Waals surface area contributed by atoms with Crippen LogP contribution in [0.25, 0.3) is 0 Å². The van der Waals surface area contributed by atoms with Gasteiger partial charge >= 0.3 is 0 Å². The molecule has 1 aliphatic carbocycles. The highest BCUT2D eigenvalue weighted by Gasteiger charge is 2.14. The molecule has 1 saturated carbocycles. The molecule has 0 amide bonds. The molecule has 3 heteroatoms. The molecule has 0 saturated heterocycles. The molecule has 58 valence electrons. The summed E-state index contributed by atoms with van der Waals surface area (Å²) >= 11 is 1.84. The van der Waals surface area contributed by atoms with Gasteiger partial charge in [-0.3, -0.25) is 5.41 Å². The summed E-state index contributed by atoms with van der Waals surface area (Å²) in [4.78, 5) is 0. The number of amidine groups is 1. The third-order valence-electron chi connectivity index (χ3n) is 1.78. The van der Waals surface area contributed by atoms with Crippen LogP contribution in [0.3, 0.4) is 0 Å². The van der Waals surface area contributed by atoms with Gasteiger partial charge in [-0.1, -0.05) is 12.8 Å². The van der Waals surface area contributed by atoms with Gasteiger partial charge < -0.3 is 5.73 Å². The Morgan fingerprint density at radius 2 is 2.10 bits per heavy atom. The lowest BCUT2D eigenvalue weighted by Gasteiger charge is -2.05. The van der Waals surface area contributed by atoms with Crippen molar-refractivity contribution in [3.8, 4) is 0 Å². The molecule has 1 aliphatic rings. The van der Waals surface area contributed by atoms with E-state index in [1.54, 1.807) is 0 Å². The Morgan fingerprint density at radius 3 is 2.60 bits per heavy atom. The number of thioether (sulfide) groups is 1. The molecule has 3 N–H and O–H groups in total. The minimum atomic E-state index is 0.317. The lowest BCUT2D eigenvalue weighted by molar-refractivity contribution is 0.886. The zero-order valence-electron chi connectivity index (χ0n) is 6.10. The van der Waals surface area contributed by atoms with E-state index >= 15 is 0 Å². The lowest BCUT2D eigenvalue weighted by Crippen LogP contribution is -2.14. The highest BCUT2D eigenvalue weighted by Crippen LogP contribution is 2.28. The third kappa shape index (κ3) is 2.60. The van der Waals surface area contributed by atoms with Crippen molar-refractivity contribution in [2.24, 2.45) is 5.73 Å². The molecule has 0 aromatic heterocycles. The van der Waals surface area contributed by atoms with Crippen LogP contribution >= 0.6 is 11.8 Å². The summed E-state index contributed by atoms with van der Waals surface area (Å²) in [5, 5.41) is 7.81. The van der Waals surface area contributed by atoms with Crippen molar-refractivity contribution in [3.05, 3.63) is 0 Å². The van der Waals surface area contributed by atoms with Gasteiger partial charge in [0.1, 0.15) is 5.84 Å². The molecule has 2 nitrogen and oxygen atoms in total. The highest BCUT2D eigenvalue weighted by molar-refractivity contribution is 8.00. The second-order valence-electron chi connectivity index (χ2n) is 2.74. The maximum absolute atomic E-state index is 7.02. The van der Waals surface area contributed by atoms with Gasteiger partial charge in [-0.15, -0.1) is 0 Å². The Kier molecular flexibility index (Phi) is 3.06. The molecule has 1 fully saturated rings. The Hall–Kier alpha value is -0.180. The van der Waals surface area contributed by atoms with Crippen LogP contribution in [-0.2, 0) is 0 Å². The van der Waals surface area contributed by atoms with E-state index in [1.807, 2.05) is 11.8 Å². The van der Waals surface area contributed by atoms with Gasteiger partial charge in [0.25, 0.3) is 0 Å². The monoisotopic (exact) mass is 158 g/mol. The van der Waals surface area contributed by atoms with Crippen molar-refractivity contribution in [2.75, 3.05) is 5.75 Å². The van der Waals surface area contributed by atoms with E-state index < -0.39 is 0 Å². The van der Waals surface area contributed by atoms with Crippen molar-refractivity contribution in [2.45, 2.75) is 30.9 Å². The molecule has 0 heterocycles. The number of rotatable bonds is 3. The molecule has 0 spiro atoms. The molecule has 0 aliphatic heterocycles. The van der Waals surface area contributed by atoms with Crippen molar-refractivity contribution >= 4 is 17.6 Å². The van der Waals surface area contributed by atoms with Crippen LogP contribution in [0.4, 0.5) is 0 Å². The quantitative estimate of drug-likeness (QED) is 0.484. The molecular weight excluding hydrogens is 144 g/mol. The molecule has 10 heavy (non-hydrogen) atoms. The number of nitrogens with one attached hydrogen (secondary N) is 1. The van der Waals surface area contributed by atoms with E-state index in [4.69, 9.17) is 11.1 Å². The summed E-state index contributed by atoms with van der Waals surface area (Å²) in [7, 11) is 0. The molecule has 0 aromatic carbocycles. The maximum atomic E-state index is 7.02. The Labute approximate surface area is 66.1 Å². The first kappa shape index (κ1) is 7.92. The molecule has 0 bridgehead atoms. The fourth-order valence-corrected chi connectivity index (χ4v) is 2.34. The van der Waals surface area contributed by atoms with Crippen molar-refractivity contribution < 1.29 is 0 Å². The maximum Gasteiger partial charge on any atom is 0.101 e. The van der Waals surface area contributed by atoms with Crippen LogP contribution in [0.2, 0.25) is 0 Å². The second kappa shape index (κ2) is 3.86. The van der Waals surface area contributed by atoms with Gasteiger partial charge in [0.2, 0.25) is 0 Å². The van der Waals surface area contributed by atoms with Crippen molar-refractivity contribution in [1.82, 2.24) is 0 Å². The predicted molar refractivity (Wildman–Crippen MR) is 46.6 cm³/mol. The average Bonchev–Trinajstić information content (AvgIpc) is 2.34. The van der Waals surface area contributed by atoms with Crippen LogP contribution < -0.4 is 5.73 Å². The summed E-state index contributed by atoms with van der Waals surface area (Å²) in [6.45, 7) is 0. The van der Waals surface area contributed by atoms with E-state index in [0.717, 1.165) is 11.0 Å². The summed E-state index contributed by atoms with van der Waals surface area (Å²) < 4.78 is 0. The fourth-order valence-electron chi connectivity index (χ4n) is 1.26. The number of nitrogens with two attached hydrogens (primary N) is 1. The minimum absolute atomic E-state index is 0.317. The average molecular weight is 158 g/mol. The van der Waals surface area contributed by atoms with Gasteiger partial charge in [-0.2, -0.15) is 11.8 Å². The largest absolute Gasteiger partial charge is 0.387 e. The van der Waals surface area contributed by atoms with E-state index in [0.29, 0.717) is 5.84 Å². The number of hydrogen-bond donors (Lipinski definition) is 2. The zero-order valence-corrected chi connectivity index (χ0v) is 6.91. The molecule has 0 unspecified atom stereocenters. The van der Waals surface area contributed by atoms with Crippen LogP contribution in [0.1, 0.15) is 25.7 Å². The minimum Gasteiger partial charge on any atom is -0.387 e. The first-order valence-electron chi connectivity index (χ1n) is 3.73. The van der Waals surface area contributed by atoms with Gasteiger partial charge in [-0.25, -0.2) is 0 Å². The number of hydrogen-bond acceptors (Lipinski definition) is 2. The van der Waals surface area contributed by atoms with E-state index in [1.165, 1.54) is 25.7 Å². The van der Waals surface area contributed by atoms with Gasteiger partial charge in [0.15, 0.2) is 0 Å². The highest BCUT2D eigenvalue weighted by atomic mass is 32.2. The standard InChI is InChI=1S/C7H14N2S/c8-7(9)5-10-6-3-1-2-4-6/h6H,1-5H2,(H3,8,9). The summed E-state index contributed by atoms with van der Waals surface area (Å²) in [6.07, 6.45) is 5.40. The van der Waals surface area contributed by atoms with Crippen LogP contribution in [0.5, 0.6) is 0 Å². The van der Waals surface area contributed by atoms with Crippen molar-refractivity contribution in [1.29, 1.82) is 5.41 Å². The fraction of sp³-hybridized carbons (Fsp3) is 0.857. The lowest BCUT2D eigenvalue weighted by atomic mass is 10.4. The Morgan fingerprint density at radius 1 is 1.50 bits per heavy atom. The van der Waals surface area contributed by atoms with Crippen LogP contribution in [0, 0.1) is 5.41 Å². The molecule has 0 aromatic rings. The van der Waals surface area contributed by atoms with E-state index in [9.17, 15) is 0 Å². The van der Waals surface area contributed by atoms with E-state index in [-0.39, 0.29) is 0 Å². The van der Waals surface area contributed by atoms with Gasteiger partial charge in [0, 0.05) is 5.25 Å². The van der Waals surface area contributed by atoms with Gasteiger partial charge in [-0.05, 0) is 12.8 Å². The molecular formula is C7H14N2S. The topological polar surface area (TPSA) is 49.9 Å². The van der Waals surface area contributed by atoms with Crippen molar-refractivity contribution in [3.63, 3.8) is 0 Å². The summed E-state index contributed by atoms with van der Waals surface area (Å²) in [6, 6.07) is 0. The summed E-state index contributed by atoms with van der Waals surface area (Å²) in [5.74, 6) is 1.04. The first-order valence-corrected chi connectivity index (χ1v) is 4.78. The zero-order chi connectivity index (χ0) is 7.40. The van der Waals surface area contributed by atoms with Crippen LogP contribution in [0.15, 0.2) is 0 Å². The normalized spacial score (nSPS) is 19.6. The summed E-state index contributed by atoms with van der Waals surface area (Å²) in [5.41, 5.74) is 5.23. The Balaban J connectivity index is 2.07. The first-order chi connectivity index (χ1) is 4.79. The predicted octanol–water partition coefficient (Wildman–Crippen LogP) is 1.60. The van der Waals surface area contributed by atoms with Crippen LogP contribution in [-0.4, -0.2) is 16.8 Å². The third-order valence-corrected chi connectivity index (χ3v) is 3.20.